The molecule has 0 aliphatic carbocycles. The number of ether oxygens (including phenoxy) is 2. The van der Waals surface area contributed by atoms with Crippen molar-refractivity contribution in [3.8, 4) is 22.6 Å². The van der Waals surface area contributed by atoms with Gasteiger partial charge in [0.25, 0.3) is 11.8 Å². The third kappa shape index (κ3) is 8.23. The fraction of sp³-hybridized carbons (Fsp3) is 0.278. The van der Waals surface area contributed by atoms with Gasteiger partial charge in [-0.1, -0.05) is 51.0 Å². The molecule has 0 atom stereocenters. The fourth-order valence-corrected chi connectivity index (χ4v) is 4.48. The number of amides is 2. The van der Waals surface area contributed by atoms with Crippen LogP contribution in [0.15, 0.2) is 84.9 Å². The number of hydrogen-bond acceptors (Lipinski definition) is 4. The van der Waals surface area contributed by atoms with Gasteiger partial charge in [0.2, 0.25) is 0 Å². The lowest BCUT2D eigenvalue weighted by molar-refractivity contribution is 0.101. The average Bonchev–Trinajstić information content (AvgIpc) is 2.99. The summed E-state index contributed by atoms with van der Waals surface area (Å²) in [6.07, 6.45) is 4.06. The highest BCUT2D eigenvalue weighted by molar-refractivity contribution is 6.05. The number of aryl methyl sites for hydroxylation is 2. The van der Waals surface area contributed by atoms with Gasteiger partial charge in [-0.2, -0.15) is 0 Å². The van der Waals surface area contributed by atoms with E-state index in [9.17, 15) is 9.59 Å². The number of anilines is 2. The van der Waals surface area contributed by atoms with E-state index in [0.717, 1.165) is 59.3 Å². The van der Waals surface area contributed by atoms with Crippen LogP contribution in [0.5, 0.6) is 11.5 Å². The van der Waals surface area contributed by atoms with E-state index in [-0.39, 0.29) is 11.8 Å². The Kier molecular flexibility index (Phi) is 10.8. The van der Waals surface area contributed by atoms with E-state index < -0.39 is 0 Å². The summed E-state index contributed by atoms with van der Waals surface area (Å²) in [6.45, 7) is 9.46. The van der Waals surface area contributed by atoms with Crippen molar-refractivity contribution < 1.29 is 19.1 Å². The summed E-state index contributed by atoms with van der Waals surface area (Å²) in [7, 11) is 0. The molecule has 4 aromatic rings. The largest absolute Gasteiger partial charge is 0.494 e. The van der Waals surface area contributed by atoms with Crippen molar-refractivity contribution in [2.45, 2.75) is 53.4 Å². The Bertz CT molecular complexity index is 1410. The van der Waals surface area contributed by atoms with Crippen LogP contribution in [-0.2, 0) is 0 Å². The normalized spacial score (nSPS) is 10.7. The van der Waals surface area contributed by atoms with Crippen LogP contribution in [0.2, 0.25) is 0 Å². The number of nitrogens with one attached hydrogen (secondary N) is 2. The number of carbonyl (C=O) groups excluding carboxylic acids is 2. The zero-order valence-electron chi connectivity index (χ0n) is 25.0. The molecule has 0 radical (unpaired) electrons. The minimum atomic E-state index is -0.180. The van der Waals surface area contributed by atoms with Crippen molar-refractivity contribution >= 4 is 23.2 Å². The Morgan fingerprint density at radius 2 is 1.02 bits per heavy atom. The molecule has 4 aromatic carbocycles. The van der Waals surface area contributed by atoms with E-state index in [2.05, 4.69) is 36.6 Å². The van der Waals surface area contributed by atoms with Gasteiger partial charge in [0, 0.05) is 22.5 Å². The Labute approximate surface area is 249 Å². The maximum atomic E-state index is 12.9. The zero-order valence-corrected chi connectivity index (χ0v) is 25.0. The van der Waals surface area contributed by atoms with Crippen LogP contribution in [-0.4, -0.2) is 25.0 Å². The number of rotatable bonds is 13. The Morgan fingerprint density at radius 3 is 1.40 bits per heavy atom. The molecule has 0 saturated carbocycles. The smallest absolute Gasteiger partial charge is 0.255 e. The van der Waals surface area contributed by atoms with Gasteiger partial charge in [0.15, 0.2) is 0 Å². The van der Waals surface area contributed by atoms with Crippen LogP contribution in [0, 0.1) is 13.8 Å². The Hall–Kier alpha value is -4.58. The van der Waals surface area contributed by atoms with Crippen molar-refractivity contribution in [3.63, 3.8) is 0 Å². The summed E-state index contributed by atoms with van der Waals surface area (Å²) in [5.41, 5.74) is 6.56. The van der Waals surface area contributed by atoms with Crippen LogP contribution in [0.1, 0.15) is 71.4 Å². The van der Waals surface area contributed by atoms with Gasteiger partial charge in [0.1, 0.15) is 11.5 Å². The van der Waals surface area contributed by atoms with Crippen molar-refractivity contribution in [3.05, 3.63) is 107 Å². The van der Waals surface area contributed by atoms with Gasteiger partial charge in [0.05, 0.1) is 13.2 Å². The molecule has 0 saturated heterocycles. The molecule has 4 rings (SSSR count). The molecule has 2 N–H and O–H groups in total. The highest BCUT2D eigenvalue weighted by Gasteiger charge is 2.12. The van der Waals surface area contributed by atoms with E-state index in [1.54, 1.807) is 24.3 Å². The molecule has 0 bridgehead atoms. The van der Waals surface area contributed by atoms with Crippen LogP contribution in [0.25, 0.3) is 11.1 Å². The highest BCUT2D eigenvalue weighted by Crippen LogP contribution is 2.29. The first-order valence-electron chi connectivity index (χ1n) is 14.7. The number of unbranched alkanes of at least 4 members (excludes halogenated alkanes) is 2. The van der Waals surface area contributed by atoms with E-state index in [0.29, 0.717) is 35.8 Å². The van der Waals surface area contributed by atoms with Crippen molar-refractivity contribution in [1.29, 1.82) is 0 Å². The first-order chi connectivity index (χ1) is 20.4. The molecular weight excluding hydrogens is 524 g/mol. The van der Waals surface area contributed by atoms with Crippen LogP contribution in [0.3, 0.4) is 0 Å². The maximum absolute atomic E-state index is 12.9. The molecule has 0 fully saturated rings. The second-order valence-corrected chi connectivity index (χ2v) is 10.4. The molecular formula is C36H40N2O4. The number of carbonyl (C=O) groups is 2. The monoisotopic (exact) mass is 564 g/mol. The minimum Gasteiger partial charge on any atom is -0.494 e. The molecule has 0 spiro atoms. The Morgan fingerprint density at radius 1 is 0.595 bits per heavy atom. The number of benzene rings is 4. The highest BCUT2D eigenvalue weighted by atomic mass is 16.5. The van der Waals surface area contributed by atoms with Gasteiger partial charge in [-0.25, -0.2) is 0 Å². The first kappa shape index (κ1) is 30.4. The van der Waals surface area contributed by atoms with Gasteiger partial charge >= 0.3 is 0 Å². The second-order valence-electron chi connectivity index (χ2n) is 10.4. The van der Waals surface area contributed by atoms with E-state index in [4.69, 9.17) is 9.47 Å². The second kappa shape index (κ2) is 14.9. The molecule has 218 valence electrons. The average molecular weight is 565 g/mol. The lowest BCUT2D eigenvalue weighted by Gasteiger charge is -2.14. The van der Waals surface area contributed by atoms with Crippen molar-refractivity contribution in [2.75, 3.05) is 23.8 Å². The maximum Gasteiger partial charge on any atom is 0.255 e. The molecule has 0 aromatic heterocycles. The van der Waals surface area contributed by atoms with Gasteiger partial charge < -0.3 is 20.1 Å². The molecule has 6 heteroatoms. The van der Waals surface area contributed by atoms with Gasteiger partial charge in [-0.15, -0.1) is 0 Å². The predicted octanol–water partition coefficient (Wildman–Crippen LogP) is 8.83. The molecule has 0 unspecified atom stereocenters. The molecule has 6 nitrogen and oxygen atoms in total. The lowest BCUT2D eigenvalue weighted by atomic mass is 9.99. The quantitative estimate of drug-likeness (QED) is 0.159. The van der Waals surface area contributed by atoms with Gasteiger partial charge in [-0.3, -0.25) is 9.59 Å². The van der Waals surface area contributed by atoms with Gasteiger partial charge in [-0.05, 0) is 110 Å². The molecule has 42 heavy (non-hydrogen) atoms. The first-order valence-corrected chi connectivity index (χ1v) is 14.7. The van der Waals surface area contributed by atoms with E-state index in [1.807, 2.05) is 62.4 Å². The summed E-state index contributed by atoms with van der Waals surface area (Å²) >= 11 is 0. The lowest BCUT2D eigenvalue weighted by Crippen LogP contribution is -2.13. The zero-order chi connectivity index (χ0) is 29.9. The standard InChI is InChI=1S/C36H40N2O4/c1-5-7-19-41-31-13-9-11-29(23-31)35(39)37-33-17-15-27(21-25(33)3)28-16-18-34(26(4)22-28)38-36(40)30-12-10-14-32(24-30)42-20-8-6-2/h9-18,21-24H,5-8,19-20H2,1-4H3,(H,37,39)(H,38,40). The van der Waals surface area contributed by atoms with Crippen LogP contribution >= 0.6 is 0 Å². The summed E-state index contributed by atoms with van der Waals surface area (Å²) < 4.78 is 11.5. The third-order valence-corrected chi connectivity index (χ3v) is 7.01. The van der Waals surface area contributed by atoms with Crippen molar-refractivity contribution in [2.24, 2.45) is 0 Å². The molecule has 2 amide bonds. The summed E-state index contributed by atoms with van der Waals surface area (Å²) in [5.74, 6) is 1.04. The predicted molar refractivity (Wildman–Crippen MR) is 171 cm³/mol. The van der Waals surface area contributed by atoms with Crippen molar-refractivity contribution in [1.82, 2.24) is 0 Å². The van der Waals surface area contributed by atoms with E-state index in [1.165, 1.54) is 0 Å². The van der Waals surface area contributed by atoms with E-state index >= 15 is 0 Å². The number of hydrogen-bond donors (Lipinski definition) is 2. The minimum absolute atomic E-state index is 0.180. The molecule has 0 aliphatic heterocycles. The SMILES string of the molecule is CCCCOc1cccc(C(=O)Nc2ccc(-c3ccc(NC(=O)c4cccc(OCCCC)c4)c(C)c3)cc2C)c1. The summed E-state index contributed by atoms with van der Waals surface area (Å²) in [5, 5.41) is 6.05. The van der Waals surface area contributed by atoms with Crippen LogP contribution < -0.4 is 20.1 Å². The third-order valence-electron chi connectivity index (χ3n) is 7.01. The summed E-state index contributed by atoms with van der Waals surface area (Å²) in [4.78, 5) is 25.9. The molecule has 0 aliphatic rings. The Balaban J connectivity index is 1.41. The van der Waals surface area contributed by atoms with Crippen LogP contribution in [0.4, 0.5) is 11.4 Å². The summed E-state index contributed by atoms with van der Waals surface area (Å²) in [6, 6.07) is 26.4. The fourth-order valence-electron chi connectivity index (χ4n) is 4.48. The topological polar surface area (TPSA) is 76.7 Å². The molecule has 0 heterocycles.